The summed E-state index contributed by atoms with van der Waals surface area (Å²) in [5.74, 6) is 1.11. The molecular weight excluding hydrogens is 396 g/mol. The summed E-state index contributed by atoms with van der Waals surface area (Å²) < 4.78 is 2.18. The molecule has 5 nitrogen and oxygen atoms in total. The molecule has 1 aliphatic carbocycles. The monoisotopic (exact) mass is 436 g/mol. The van der Waals surface area contributed by atoms with E-state index in [1.807, 2.05) is 6.07 Å². The van der Waals surface area contributed by atoms with Crippen molar-refractivity contribution in [3.8, 4) is 0 Å². The average molecular weight is 437 g/mol. The quantitative estimate of drug-likeness (QED) is 0.602. The second-order valence-corrected chi connectivity index (χ2v) is 9.62. The number of piperidine rings is 1. The molecule has 0 bridgehead atoms. The number of likely N-dealkylation sites (tertiary alicyclic amines) is 1. The van der Waals surface area contributed by atoms with E-state index >= 15 is 0 Å². The molecule has 5 heteroatoms. The van der Waals surface area contributed by atoms with Crippen molar-refractivity contribution in [1.82, 2.24) is 20.0 Å². The highest BCUT2D eigenvalue weighted by Crippen LogP contribution is 2.33. The zero-order valence-corrected chi connectivity index (χ0v) is 20.1. The van der Waals surface area contributed by atoms with Gasteiger partial charge in [0.25, 0.3) is 0 Å². The van der Waals surface area contributed by atoms with E-state index in [-0.39, 0.29) is 17.9 Å². The van der Waals surface area contributed by atoms with Crippen LogP contribution in [0.3, 0.4) is 0 Å². The van der Waals surface area contributed by atoms with Crippen LogP contribution in [-0.4, -0.2) is 40.2 Å². The molecule has 2 fully saturated rings. The van der Waals surface area contributed by atoms with Gasteiger partial charge in [0, 0.05) is 24.7 Å². The van der Waals surface area contributed by atoms with Crippen molar-refractivity contribution < 1.29 is 4.79 Å². The van der Waals surface area contributed by atoms with Crippen LogP contribution in [0.1, 0.15) is 86.8 Å². The standard InChI is InChI=1S/C27H40N4O/c1-4-24-26(20(3)31(5-2)29-24)22-14-17-30(18-15-22)19-16-25(21-10-7-6-8-11-21)28-27(32)23-12-9-13-23/h6-8,10-11,22-23,25H,4-5,9,12-19H2,1-3H3,(H,28,32)/t25-/m0/s1. The van der Waals surface area contributed by atoms with Crippen LogP contribution in [0.5, 0.6) is 0 Å². The molecule has 0 spiro atoms. The number of hydrogen-bond acceptors (Lipinski definition) is 3. The van der Waals surface area contributed by atoms with Crippen LogP contribution < -0.4 is 5.32 Å². The summed E-state index contributed by atoms with van der Waals surface area (Å²) in [6.45, 7) is 10.9. The molecule has 1 saturated carbocycles. The van der Waals surface area contributed by atoms with Gasteiger partial charge in [-0.15, -0.1) is 0 Å². The van der Waals surface area contributed by atoms with Crippen molar-refractivity contribution in [3.63, 3.8) is 0 Å². The van der Waals surface area contributed by atoms with Crippen molar-refractivity contribution in [1.29, 1.82) is 0 Å². The first kappa shape index (κ1) is 23.0. The molecule has 0 unspecified atom stereocenters. The topological polar surface area (TPSA) is 50.2 Å². The number of rotatable bonds is 9. The maximum absolute atomic E-state index is 12.6. The Kier molecular flexibility index (Phi) is 7.67. The Labute approximate surface area is 193 Å². The number of aromatic nitrogens is 2. The number of aryl methyl sites for hydroxylation is 2. The highest BCUT2D eigenvalue weighted by atomic mass is 16.2. The van der Waals surface area contributed by atoms with Gasteiger partial charge in [0.05, 0.1) is 11.7 Å². The van der Waals surface area contributed by atoms with Crippen LogP contribution in [-0.2, 0) is 17.8 Å². The van der Waals surface area contributed by atoms with Gasteiger partial charge in [0.2, 0.25) is 5.91 Å². The summed E-state index contributed by atoms with van der Waals surface area (Å²) in [4.78, 5) is 15.2. The fraction of sp³-hybridized carbons (Fsp3) is 0.630. The van der Waals surface area contributed by atoms with Gasteiger partial charge in [-0.1, -0.05) is 43.7 Å². The summed E-state index contributed by atoms with van der Waals surface area (Å²) >= 11 is 0. The van der Waals surface area contributed by atoms with Gasteiger partial charge in [0.1, 0.15) is 0 Å². The lowest BCUT2D eigenvalue weighted by atomic mass is 9.84. The molecule has 1 aromatic carbocycles. The molecule has 4 rings (SSSR count). The van der Waals surface area contributed by atoms with Crippen LogP contribution in [0, 0.1) is 12.8 Å². The summed E-state index contributed by atoms with van der Waals surface area (Å²) in [5, 5.41) is 8.21. The van der Waals surface area contributed by atoms with E-state index in [9.17, 15) is 4.79 Å². The first-order valence-corrected chi connectivity index (χ1v) is 12.7. The van der Waals surface area contributed by atoms with Gasteiger partial charge in [-0.2, -0.15) is 5.10 Å². The molecule has 0 radical (unpaired) electrons. The Morgan fingerprint density at radius 3 is 2.44 bits per heavy atom. The molecule has 2 aliphatic rings. The molecular formula is C27H40N4O. The third-order valence-corrected chi connectivity index (χ3v) is 7.69. The van der Waals surface area contributed by atoms with Crippen molar-refractivity contribution in [2.45, 2.75) is 84.2 Å². The second-order valence-electron chi connectivity index (χ2n) is 9.62. The summed E-state index contributed by atoms with van der Waals surface area (Å²) in [6.07, 6.45) is 7.69. The molecule has 1 atom stereocenters. The van der Waals surface area contributed by atoms with Crippen LogP contribution in [0.4, 0.5) is 0 Å². The first-order valence-electron chi connectivity index (χ1n) is 12.7. The minimum absolute atomic E-state index is 0.110. The number of nitrogens with zero attached hydrogens (tertiary/aromatic N) is 3. The Balaban J connectivity index is 1.34. The van der Waals surface area contributed by atoms with E-state index in [0.717, 1.165) is 51.9 Å². The highest BCUT2D eigenvalue weighted by Gasteiger charge is 2.29. The van der Waals surface area contributed by atoms with Crippen molar-refractivity contribution in [2.24, 2.45) is 5.92 Å². The Morgan fingerprint density at radius 1 is 1.12 bits per heavy atom. The molecule has 1 aromatic heterocycles. The second kappa shape index (κ2) is 10.7. The first-order chi connectivity index (χ1) is 15.6. The van der Waals surface area contributed by atoms with Crippen molar-refractivity contribution in [2.75, 3.05) is 19.6 Å². The van der Waals surface area contributed by atoms with Gasteiger partial charge in [0.15, 0.2) is 0 Å². The van der Waals surface area contributed by atoms with Gasteiger partial charge in [-0.25, -0.2) is 0 Å². The molecule has 32 heavy (non-hydrogen) atoms. The molecule has 1 aliphatic heterocycles. The number of hydrogen-bond donors (Lipinski definition) is 1. The van der Waals surface area contributed by atoms with Crippen molar-refractivity contribution >= 4 is 5.91 Å². The van der Waals surface area contributed by atoms with Gasteiger partial charge >= 0.3 is 0 Å². The van der Waals surface area contributed by atoms with Gasteiger partial charge in [-0.3, -0.25) is 9.48 Å². The zero-order valence-electron chi connectivity index (χ0n) is 20.1. The minimum Gasteiger partial charge on any atom is -0.349 e. The number of carbonyl (C=O) groups excluding carboxylic acids is 1. The predicted molar refractivity (Wildman–Crippen MR) is 130 cm³/mol. The fourth-order valence-corrected chi connectivity index (χ4v) is 5.45. The maximum Gasteiger partial charge on any atom is 0.223 e. The van der Waals surface area contributed by atoms with Crippen LogP contribution in [0.2, 0.25) is 0 Å². The van der Waals surface area contributed by atoms with E-state index < -0.39 is 0 Å². The third kappa shape index (κ3) is 5.09. The lowest BCUT2D eigenvalue weighted by molar-refractivity contribution is -0.128. The Hall–Kier alpha value is -2.14. The molecule has 2 aromatic rings. The zero-order chi connectivity index (χ0) is 22.5. The van der Waals surface area contributed by atoms with E-state index in [2.05, 4.69) is 59.9 Å². The van der Waals surface area contributed by atoms with E-state index in [1.165, 1.54) is 41.8 Å². The molecule has 174 valence electrons. The van der Waals surface area contributed by atoms with Crippen LogP contribution >= 0.6 is 0 Å². The number of amides is 1. The Morgan fingerprint density at radius 2 is 1.84 bits per heavy atom. The van der Waals surface area contributed by atoms with E-state index in [1.54, 1.807) is 0 Å². The number of nitrogens with one attached hydrogen (secondary N) is 1. The Bertz CT molecular complexity index is 879. The normalized spacial score (nSPS) is 19.0. The SMILES string of the molecule is CCc1nn(CC)c(C)c1C1CCN(CC[C@H](NC(=O)C2CCC2)c2ccccc2)CC1. The van der Waals surface area contributed by atoms with E-state index in [0.29, 0.717) is 5.92 Å². The average Bonchev–Trinajstić information content (AvgIpc) is 3.11. The smallest absolute Gasteiger partial charge is 0.223 e. The van der Waals surface area contributed by atoms with Gasteiger partial charge < -0.3 is 10.2 Å². The lowest BCUT2D eigenvalue weighted by Gasteiger charge is -2.34. The van der Waals surface area contributed by atoms with Crippen molar-refractivity contribution in [3.05, 3.63) is 52.8 Å². The third-order valence-electron chi connectivity index (χ3n) is 7.69. The maximum atomic E-state index is 12.6. The van der Waals surface area contributed by atoms with Gasteiger partial charge in [-0.05, 0) is 82.5 Å². The minimum atomic E-state index is 0.110. The lowest BCUT2D eigenvalue weighted by Crippen LogP contribution is -2.39. The number of carbonyl (C=O) groups is 1. The number of benzene rings is 1. The van der Waals surface area contributed by atoms with E-state index in [4.69, 9.17) is 5.10 Å². The molecule has 1 amide bonds. The molecule has 1 saturated heterocycles. The molecule has 1 N–H and O–H groups in total. The largest absolute Gasteiger partial charge is 0.349 e. The predicted octanol–water partition coefficient (Wildman–Crippen LogP) is 5.00. The summed E-state index contributed by atoms with van der Waals surface area (Å²) in [6, 6.07) is 10.6. The fourth-order valence-electron chi connectivity index (χ4n) is 5.45. The van der Waals surface area contributed by atoms with Crippen LogP contribution in [0.15, 0.2) is 30.3 Å². The summed E-state index contributed by atoms with van der Waals surface area (Å²) in [5.41, 5.74) is 5.41. The summed E-state index contributed by atoms with van der Waals surface area (Å²) in [7, 11) is 0. The highest BCUT2D eigenvalue weighted by molar-refractivity contribution is 5.79. The molecule has 2 heterocycles. The van der Waals surface area contributed by atoms with Crippen LogP contribution in [0.25, 0.3) is 0 Å².